The van der Waals surface area contributed by atoms with Gasteiger partial charge in [-0.25, -0.2) is 0 Å². The zero-order valence-corrected chi connectivity index (χ0v) is 39.4. The molecule has 0 saturated carbocycles. The van der Waals surface area contributed by atoms with Gasteiger partial charge in [-0.2, -0.15) is 0 Å². The van der Waals surface area contributed by atoms with Crippen molar-refractivity contribution < 1.29 is 15.6 Å². The number of rotatable bonds is 7. The monoisotopic (exact) mass is 825 g/mol. The molecule has 0 fully saturated rings. The van der Waals surface area contributed by atoms with Gasteiger partial charge in [0.25, 0.3) is 0 Å². The molecule has 4 aromatic carbocycles. The molecule has 2 aliphatic rings. The molecule has 0 spiro atoms. The van der Waals surface area contributed by atoms with Gasteiger partial charge in [0, 0.05) is 0 Å². The molecule has 0 radical (unpaired) electrons. The van der Waals surface area contributed by atoms with Gasteiger partial charge in [-0.3, -0.25) is 0 Å². The van der Waals surface area contributed by atoms with Crippen LogP contribution in [0.5, 0.6) is 0 Å². The van der Waals surface area contributed by atoms with Gasteiger partial charge in [0.05, 0.1) is 0 Å². The first-order valence-electron chi connectivity index (χ1n) is 19.6. The fraction of sp³-hybridized carbons (Fsp3) is 0.417. The van der Waals surface area contributed by atoms with E-state index < -0.39 is 21.5 Å². The number of halogens is 2. The summed E-state index contributed by atoms with van der Waals surface area (Å²) in [6, 6.07) is 27.8. The van der Waals surface area contributed by atoms with E-state index >= 15 is 0 Å². The molecule has 0 saturated heterocycles. The van der Waals surface area contributed by atoms with Crippen LogP contribution in [0.3, 0.4) is 0 Å². The van der Waals surface area contributed by atoms with Crippen molar-refractivity contribution in [2.24, 2.45) is 0 Å². The van der Waals surface area contributed by atoms with E-state index in [2.05, 4.69) is 181 Å². The average Bonchev–Trinajstić information content (AvgIpc) is 3.59. The molecular formula is C48H61Cl2SiZr. The molecule has 0 bridgehead atoms. The van der Waals surface area contributed by atoms with E-state index in [1.54, 1.807) is 0 Å². The second kappa shape index (κ2) is 13.7. The third kappa shape index (κ3) is 6.29. The summed E-state index contributed by atoms with van der Waals surface area (Å²) in [6.45, 7) is 32.9. The van der Waals surface area contributed by atoms with Gasteiger partial charge in [-0.15, -0.1) is 0 Å². The third-order valence-electron chi connectivity index (χ3n) is 12.4. The minimum atomic E-state index is -4.91. The molecule has 0 nitrogen and oxygen atoms in total. The van der Waals surface area contributed by atoms with E-state index in [9.17, 15) is 0 Å². The van der Waals surface area contributed by atoms with Crippen molar-refractivity contribution in [1.29, 1.82) is 0 Å². The second-order valence-corrected chi connectivity index (χ2v) is 61.5. The molecule has 0 aliphatic heterocycles. The van der Waals surface area contributed by atoms with Crippen LogP contribution in [0.15, 0.2) is 83.9 Å². The second-order valence-electron chi connectivity index (χ2n) is 19.0. The number of benzene rings is 4. The zero-order chi connectivity index (χ0) is 38.3. The molecule has 0 amide bonds. The summed E-state index contributed by atoms with van der Waals surface area (Å²) in [4.78, 5) is 0. The van der Waals surface area contributed by atoms with Crippen molar-refractivity contribution >= 4 is 35.1 Å². The van der Waals surface area contributed by atoms with Crippen LogP contribution in [-0.2, 0) is 26.4 Å². The van der Waals surface area contributed by atoms with E-state index in [0.717, 1.165) is 0 Å². The summed E-state index contributed by atoms with van der Waals surface area (Å²) in [5.41, 5.74) is 19.0. The first-order chi connectivity index (χ1) is 24.1. The van der Waals surface area contributed by atoms with Gasteiger partial charge in [0.15, 0.2) is 0 Å². The van der Waals surface area contributed by atoms with Crippen molar-refractivity contribution in [1.82, 2.24) is 0 Å². The topological polar surface area (TPSA) is 0 Å². The molecule has 4 aromatic rings. The molecule has 52 heavy (non-hydrogen) atoms. The van der Waals surface area contributed by atoms with E-state index in [4.69, 9.17) is 17.0 Å². The predicted octanol–water partition coefficient (Wildman–Crippen LogP) is 15.5. The van der Waals surface area contributed by atoms with Crippen molar-refractivity contribution in [3.05, 3.63) is 128 Å². The third-order valence-corrected chi connectivity index (χ3v) is 64.6. The van der Waals surface area contributed by atoms with Gasteiger partial charge >= 0.3 is 327 Å². The maximum atomic E-state index is 8.76. The van der Waals surface area contributed by atoms with Crippen LogP contribution in [0.25, 0.3) is 34.4 Å². The van der Waals surface area contributed by atoms with Crippen LogP contribution >= 0.6 is 17.0 Å². The molecule has 0 heterocycles. The first kappa shape index (κ1) is 39.7. The van der Waals surface area contributed by atoms with E-state index in [1.165, 1.54) is 77.9 Å². The van der Waals surface area contributed by atoms with Crippen molar-refractivity contribution in [3.63, 3.8) is 0 Å². The van der Waals surface area contributed by atoms with Gasteiger partial charge in [0.2, 0.25) is 0 Å². The van der Waals surface area contributed by atoms with Crippen LogP contribution < -0.4 is 0 Å². The molecule has 2 aliphatic carbocycles. The summed E-state index contributed by atoms with van der Waals surface area (Å²) in [6.07, 6.45) is 4.97. The average molecular weight is 828 g/mol. The normalized spacial score (nSPS) is 18.4. The molecule has 6 rings (SSSR count). The van der Waals surface area contributed by atoms with Gasteiger partial charge in [0.1, 0.15) is 0 Å². The summed E-state index contributed by atoms with van der Waals surface area (Å²) >= 11 is -4.91. The van der Waals surface area contributed by atoms with Crippen LogP contribution in [0.1, 0.15) is 147 Å². The van der Waals surface area contributed by atoms with Crippen molar-refractivity contribution in [2.75, 3.05) is 0 Å². The molecule has 0 N–H and O–H groups in total. The Morgan fingerprint density at radius 2 is 0.904 bits per heavy atom. The molecule has 275 valence electrons. The Morgan fingerprint density at radius 3 is 1.21 bits per heavy atom. The summed E-state index contributed by atoms with van der Waals surface area (Å²) in [5, 5.41) is 0. The van der Waals surface area contributed by atoms with E-state index in [0.29, 0.717) is 11.8 Å². The Bertz CT molecular complexity index is 1970. The molecular weight excluding hydrogens is 767 g/mol. The number of hydrogen-bond donors (Lipinski definition) is 0. The summed E-state index contributed by atoms with van der Waals surface area (Å²) in [7, 11) is 17.5. The Kier molecular flexibility index (Phi) is 10.4. The number of hydrogen-bond acceptors (Lipinski definition) is 0. The quantitative estimate of drug-likeness (QED) is 0.163. The molecule has 2 unspecified atom stereocenters. The van der Waals surface area contributed by atoms with Gasteiger partial charge < -0.3 is 0 Å². The van der Waals surface area contributed by atoms with Crippen LogP contribution in [0, 0.1) is 0 Å². The zero-order valence-electron chi connectivity index (χ0n) is 34.2. The first-order valence-corrected chi connectivity index (χ1v) is 35.9. The van der Waals surface area contributed by atoms with Gasteiger partial charge in [-0.05, 0) is 0 Å². The minimum absolute atomic E-state index is 0.0296. The fourth-order valence-corrected chi connectivity index (χ4v) is 42.7. The number of fused-ring (bicyclic) bond motifs is 2. The summed E-state index contributed by atoms with van der Waals surface area (Å²) in [5.74, 6) is -0.862. The Balaban J connectivity index is 1.65. The maximum absolute atomic E-state index is 8.76. The molecule has 2 atom stereocenters. The standard InChI is InChI=1S/2C23H27.C2H7Si.2ClH.Zr/c2*1-15(2)18-9-7-8-10-19(18)22-20-14-16(3)13-17(20)11-12-21(22)23(4,5)6;1-3-2;;;/h2*7-15H,1-6H3;3H,1-2H3;2*1H;/q;;;;;+2/p-2. The fourth-order valence-electron chi connectivity index (χ4n) is 9.78. The Labute approximate surface area is 324 Å². The SMILES string of the molecule is CC1=Cc2c(ccc(C(C)(C)C)c2-c2ccccc2C(C)C)[CH]1[Zr]([Cl])([Cl])([CH]1C(C)=Cc2c1ccc(C(C)(C)C)c2-c1ccccc1C(C)C)[SiH](C)C. The van der Waals surface area contributed by atoms with Crippen LogP contribution in [0.2, 0.25) is 13.1 Å². The summed E-state index contributed by atoms with van der Waals surface area (Å²) < 4.78 is 0.108. The van der Waals surface area contributed by atoms with E-state index in [-0.39, 0.29) is 18.1 Å². The van der Waals surface area contributed by atoms with Gasteiger partial charge in [-0.1, -0.05) is 0 Å². The molecule has 4 heteroatoms. The van der Waals surface area contributed by atoms with Crippen LogP contribution in [0.4, 0.5) is 0 Å². The Hall–Kier alpha value is -1.96. The van der Waals surface area contributed by atoms with Crippen molar-refractivity contribution in [3.8, 4) is 22.3 Å². The Morgan fingerprint density at radius 1 is 0.558 bits per heavy atom. The number of allylic oxidation sites excluding steroid dienone is 2. The van der Waals surface area contributed by atoms with Crippen molar-refractivity contribution in [2.45, 2.75) is 126 Å². The molecule has 0 aromatic heterocycles. The van der Waals surface area contributed by atoms with E-state index in [1.807, 2.05) is 0 Å². The van der Waals surface area contributed by atoms with Crippen LogP contribution in [-0.4, -0.2) is 5.92 Å². The predicted molar refractivity (Wildman–Crippen MR) is 233 cm³/mol.